The number of aromatic nitrogens is 3. The molecule has 8 nitrogen and oxygen atoms in total. The van der Waals surface area contributed by atoms with Crippen LogP contribution in [0.3, 0.4) is 0 Å². The number of rotatable bonds is 7. The van der Waals surface area contributed by atoms with Crippen LogP contribution in [0.15, 0.2) is 78.6 Å². The van der Waals surface area contributed by atoms with Gasteiger partial charge in [-0.25, -0.2) is 14.8 Å². The van der Waals surface area contributed by atoms with Gasteiger partial charge in [0.25, 0.3) is 0 Å². The first kappa shape index (κ1) is 22.7. The third kappa shape index (κ3) is 5.21. The summed E-state index contributed by atoms with van der Waals surface area (Å²) in [6, 6.07) is 16.4. The van der Waals surface area contributed by atoms with Crippen molar-refractivity contribution in [3.8, 4) is 5.75 Å². The molecule has 2 amide bonds. The first-order valence-electron chi connectivity index (χ1n) is 10.7. The summed E-state index contributed by atoms with van der Waals surface area (Å²) in [7, 11) is 1.54. The van der Waals surface area contributed by atoms with Gasteiger partial charge in [-0.05, 0) is 54.1 Å². The Hall–Kier alpha value is -4.08. The van der Waals surface area contributed by atoms with E-state index in [-0.39, 0.29) is 0 Å². The highest BCUT2D eigenvalue weighted by Crippen LogP contribution is 2.29. The number of amides is 2. The van der Waals surface area contributed by atoms with E-state index in [9.17, 15) is 4.79 Å². The number of carbonyl (C=O) groups is 1. The van der Waals surface area contributed by atoms with Crippen LogP contribution in [-0.4, -0.2) is 27.7 Å². The molecule has 0 aliphatic carbocycles. The number of fused-ring (bicyclic) bond motifs is 1. The Balaban J connectivity index is 1.33. The molecule has 3 heterocycles. The van der Waals surface area contributed by atoms with Gasteiger partial charge in [0.2, 0.25) is 0 Å². The van der Waals surface area contributed by atoms with Crippen LogP contribution >= 0.6 is 22.9 Å². The van der Waals surface area contributed by atoms with Crippen LogP contribution in [0.2, 0.25) is 5.02 Å². The van der Waals surface area contributed by atoms with Gasteiger partial charge in [0.1, 0.15) is 11.6 Å². The molecule has 3 aromatic heterocycles. The standard InChI is InChI=1S/C25H21ClN6O2S/c1-34-22-6-5-17(26)14-20(22)30-24(33)29-19-3-2-4-21-18(19)8-11-32(21)15-16-7-9-27-23(13-16)31-25-28-10-12-35-25/h2-14H,15H2,1H3,(H,27,28,31)(H2,29,30,33). The van der Waals surface area contributed by atoms with E-state index in [2.05, 4.69) is 30.5 Å². The van der Waals surface area contributed by atoms with E-state index in [4.69, 9.17) is 16.3 Å². The Kier molecular flexibility index (Phi) is 6.51. The van der Waals surface area contributed by atoms with Crippen molar-refractivity contribution < 1.29 is 9.53 Å². The van der Waals surface area contributed by atoms with Crippen LogP contribution in [0.4, 0.5) is 27.1 Å². The molecular formula is C25H21ClN6O2S. The van der Waals surface area contributed by atoms with Gasteiger partial charge in [-0.3, -0.25) is 0 Å². The molecule has 35 heavy (non-hydrogen) atoms. The van der Waals surface area contributed by atoms with Gasteiger partial charge in [0.05, 0.1) is 24.0 Å². The lowest BCUT2D eigenvalue weighted by Crippen LogP contribution is -2.20. The molecule has 0 saturated heterocycles. The summed E-state index contributed by atoms with van der Waals surface area (Å²) in [5.74, 6) is 1.26. The fraction of sp³-hybridized carbons (Fsp3) is 0.0800. The van der Waals surface area contributed by atoms with E-state index in [1.54, 1.807) is 30.6 Å². The normalized spacial score (nSPS) is 10.8. The molecule has 0 aliphatic heterocycles. The first-order chi connectivity index (χ1) is 17.1. The second kappa shape index (κ2) is 10.0. The predicted molar refractivity (Wildman–Crippen MR) is 141 cm³/mol. The van der Waals surface area contributed by atoms with Crippen molar-refractivity contribution in [3.63, 3.8) is 0 Å². The zero-order valence-electron chi connectivity index (χ0n) is 18.7. The Morgan fingerprint density at radius 3 is 2.77 bits per heavy atom. The Morgan fingerprint density at radius 2 is 1.94 bits per heavy atom. The van der Waals surface area contributed by atoms with Gasteiger partial charge >= 0.3 is 6.03 Å². The molecule has 5 rings (SSSR count). The van der Waals surface area contributed by atoms with Crippen LogP contribution in [0.1, 0.15) is 5.56 Å². The summed E-state index contributed by atoms with van der Waals surface area (Å²) in [5.41, 5.74) is 3.26. The van der Waals surface area contributed by atoms with Crippen molar-refractivity contribution in [2.75, 3.05) is 23.1 Å². The van der Waals surface area contributed by atoms with Crippen LogP contribution in [-0.2, 0) is 6.54 Å². The van der Waals surface area contributed by atoms with Crippen molar-refractivity contribution in [3.05, 3.63) is 89.2 Å². The summed E-state index contributed by atoms with van der Waals surface area (Å²) in [4.78, 5) is 21.3. The molecule has 0 fully saturated rings. The summed E-state index contributed by atoms with van der Waals surface area (Å²) >= 11 is 7.59. The number of thiazole rings is 1. The number of halogens is 1. The Morgan fingerprint density at radius 1 is 1.06 bits per heavy atom. The van der Waals surface area contributed by atoms with E-state index in [1.807, 2.05) is 48.0 Å². The van der Waals surface area contributed by atoms with E-state index in [0.717, 1.165) is 27.4 Å². The molecule has 176 valence electrons. The number of ether oxygens (including phenoxy) is 1. The van der Waals surface area contributed by atoms with Crippen molar-refractivity contribution in [2.45, 2.75) is 6.54 Å². The number of nitrogens with one attached hydrogen (secondary N) is 3. The number of hydrogen-bond donors (Lipinski definition) is 3. The largest absolute Gasteiger partial charge is 0.495 e. The second-order valence-corrected chi connectivity index (χ2v) is 8.95. The number of urea groups is 1. The molecule has 0 atom stereocenters. The molecule has 5 aromatic rings. The maximum Gasteiger partial charge on any atom is 0.323 e. The maximum absolute atomic E-state index is 12.7. The average Bonchev–Trinajstić information content (AvgIpc) is 3.50. The fourth-order valence-electron chi connectivity index (χ4n) is 3.76. The maximum atomic E-state index is 12.7. The molecule has 0 unspecified atom stereocenters. The van der Waals surface area contributed by atoms with E-state index < -0.39 is 6.03 Å². The minimum Gasteiger partial charge on any atom is -0.495 e. The molecule has 10 heteroatoms. The van der Waals surface area contributed by atoms with Gasteiger partial charge in [-0.15, -0.1) is 11.3 Å². The van der Waals surface area contributed by atoms with Crippen LogP contribution < -0.4 is 20.7 Å². The zero-order chi connectivity index (χ0) is 24.2. The zero-order valence-corrected chi connectivity index (χ0v) is 20.2. The van der Waals surface area contributed by atoms with Gasteiger partial charge in [0.15, 0.2) is 5.13 Å². The quantitative estimate of drug-likeness (QED) is 0.232. The van der Waals surface area contributed by atoms with Gasteiger partial charge < -0.3 is 25.3 Å². The smallest absolute Gasteiger partial charge is 0.323 e. The third-order valence-corrected chi connectivity index (χ3v) is 6.24. The molecule has 3 N–H and O–H groups in total. The van der Waals surface area contributed by atoms with E-state index >= 15 is 0 Å². The minimum absolute atomic E-state index is 0.391. The number of methoxy groups -OCH3 is 1. The van der Waals surface area contributed by atoms with Crippen molar-refractivity contribution >= 4 is 62.2 Å². The fourth-order valence-corrected chi connectivity index (χ4v) is 4.46. The number of benzene rings is 2. The van der Waals surface area contributed by atoms with E-state index in [1.165, 1.54) is 18.4 Å². The van der Waals surface area contributed by atoms with Gasteiger partial charge in [0, 0.05) is 40.9 Å². The summed E-state index contributed by atoms with van der Waals surface area (Å²) < 4.78 is 7.43. The van der Waals surface area contributed by atoms with Crippen molar-refractivity contribution in [1.82, 2.24) is 14.5 Å². The molecule has 0 bridgehead atoms. The highest BCUT2D eigenvalue weighted by Gasteiger charge is 2.12. The second-order valence-electron chi connectivity index (χ2n) is 7.62. The summed E-state index contributed by atoms with van der Waals surface area (Å²) in [5, 5.41) is 13.1. The highest BCUT2D eigenvalue weighted by molar-refractivity contribution is 7.13. The number of pyridine rings is 1. The lowest BCUT2D eigenvalue weighted by Gasteiger charge is -2.12. The number of nitrogens with zero attached hydrogens (tertiary/aromatic N) is 3. The predicted octanol–water partition coefficient (Wildman–Crippen LogP) is 6.59. The Labute approximate surface area is 210 Å². The lowest BCUT2D eigenvalue weighted by molar-refractivity contribution is 0.262. The molecule has 0 saturated carbocycles. The number of carbonyl (C=O) groups excluding carboxylic acids is 1. The molecule has 0 spiro atoms. The molecule has 0 radical (unpaired) electrons. The van der Waals surface area contributed by atoms with Gasteiger partial charge in [-0.2, -0.15) is 0 Å². The van der Waals surface area contributed by atoms with Crippen LogP contribution in [0, 0.1) is 0 Å². The Bertz CT molecular complexity index is 1480. The average molecular weight is 505 g/mol. The van der Waals surface area contributed by atoms with Gasteiger partial charge in [-0.1, -0.05) is 17.7 Å². The molecular weight excluding hydrogens is 484 g/mol. The van der Waals surface area contributed by atoms with Crippen molar-refractivity contribution in [2.24, 2.45) is 0 Å². The summed E-state index contributed by atoms with van der Waals surface area (Å²) in [6.07, 6.45) is 5.53. The monoisotopic (exact) mass is 504 g/mol. The van der Waals surface area contributed by atoms with Crippen molar-refractivity contribution in [1.29, 1.82) is 0 Å². The lowest BCUT2D eigenvalue weighted by atomic mass is 10.2. The van der Waals surface area contributed by atoms with E-state index in [0.29, 0.717) is 28.7 Å². The number of anilines is 4. The topological polar surface area (TPSA) is 93.1 Å². The summed E-state index contributed by atoms with van der Waals surface area (Å²) in [6.45, 7) is 0.647. The number of hydrogen-bond acceptors (Lipinski definition) is 6. The SMILES string of the molecule is COc1ccc(Cl)cc1NC(=O)Nc1cccc2c1ccn2Cc1ccnc(Nc2nccs2)c1. The third-order valence-electron chi connectivity index (χ3n) is 5.32. The molecule has 2 aromatic carbocycles. The first-order valence-corrected chi connectivity index (χ1v) is 12.0. The highest BCUT2D eigenvalue weighted by atomic mass is 35.5. The minimum atomic E-state index is -0.391. The van der Waals surface area contributed by atoms with Crippen LogP contribution in [0.25, 0.3) is 10.9 Å². The van der Waals surface area contributed by atoms with Crippen LogP contribution in [0.5, 0.6) is 5.75 Å². The molecule has 0 aliphatic rings.